The molecule has 1 aliphatic heterocycles. The molecule has 2 heterocycles. The van der Waals surface area contributed by atoms with Gasteiger partial charge in [-0.05, 0) is 24.3 Å². The molecule has 1 aliphatic rings. The zero-order valence-corrected chi connectivity index (χ0v) is 13.6. The van der Waals surface area contributed by atoms with E-state index in [1.165, 1.54) is 0 Å². The maximum Gasteiger partial charge on any atom is 0.417 e. The van der Waals surface area contributed by atoms with Crippen molar-refractivity contribution in [2.45, 2.75) is 0 Å². The van der Waals surface area contributed by atoms with Gasteiger partial charge in [0, 0.05) is 43.6 Å². The fourth-order valence-corrected chi connectivity index (χ4v) is 3.02. The van der Waals surface area contributed by atoms with Gasteiger partial charge in [-0.15, -0.1) is 0 Å². The first-order valence-corrected chi connectivity index (χ1v) is 8.18. The summed E-state index contributed by atoms with van der Waals surface area (Å²) in [5, 5.41) is 2.91. The van der Waals surface area contributed by atoms with E-state index in [0.29, 0.717) is 24.2 Å². The van der Waals surface area contributed by atoms with Crippen LogP contribution >= 0.6 is 0 Å². The van der Waals surface area contributed by atoms with Crippen molar-refractivity contribution in [3.05, 3.63) is 59.1 Å². The molecule has 3 aromatic rings. The molecular formula is C18H18N4O3. The quantitative estimate of drug-likeness (QED) is 0.752. The molecule has 0 bridgehead atoms. The van der Waals surface area contributed by atoms with Crippen molar-refractivity contribution in [3.63, 3.8) is 0 Å². The van der Waals surface area contributed by atoms with Gasteiger partial charge in [0.15, 0.2) is 5.58 Å². The number of fused-ring (bicyclic) bond motifs is 1. The highest BCUT2D eigenvalue weighted by Gasteiger charge is 2.21. The molecule has 0 radical (unpaired) electrons. The molecular weight excluding hydrogens is 320 g/mol. The van der Waals surface area contributed by atoms with Crippen molar-refractivity contribution in [1.82, 2.24) is 9.88 Å². The summed E-state index contributed by atoms with van der Waals surface area (Å²) in [6.45, 7) is 2.71. The normalized spacial score (nSPS) is 14.7. The minimum atomic E-state index is -0.449. The Hall–Kier alpha value is -3.22. The summed E-state index contributed by atoms with van der Waals surface area (Å²) < 4.78 is 5.11. The van der Waals surface area contributed by atoms with Crippen LogP contribution in [0.4, 0.5) is 16.2 Å². The molecule has 2 N–H and O–H groups in total. The van der Waals surface area contributed by atoms with Gasteiger partial charge in [-0.2, -0.15) is 0 Å². The maximum atomic E-state index is 12.3. The smallest absolute Gasteiger partial charge is 0.408 e. The SMILES string of the molecule is O=C(Nc1ccccc1)N1CCN(c2ccc3[nH]c(=O)oc3c2)CC1. The van der Waals surface area contributed by atoms with Gasteiger partial charge in [-0.3, -0.25) is 4.98 Å². The Bertz CT molecular complexity index is 940. The summed E-state index contributed by atoms with van der Waals surface area (Å²) in [5.74, 6) is -0.449. The molecule has 7 nitrogen and oxygen atoms in total. The Kier molecular flexibility index (Phi) is 3.89. The number of piperazine rings is 1. The van der Waals surface area contributed by atoms with Gasteiger partial charge in [0.2, 0.25) is 0 Å². The molecule has 0 saturated carbocycles. The number of benzene rings is 2. The third-order valence-electron chi connectivity index (χ3n) is 4.36. The zero-order valence-electron chi connectivity index (χ0n) is 13.6. The molecule has 7 heteroatoms. The molecule has 0 atom stereocenters. The van der Waals surface area contributed by atoms with Crippen molar-refractivity contribution < 1.29 is 9.21 Å². The van der Waals surface area contributed by atoms with Crippen molar-refractivity contribution in [1.29, 1.82) is 0 Å². The zero-order chi connectivity index (χ0) is 17.2. The number of hydrogen-bond donors (Lipinski definition) is 2. The van der Waals surface area contributed by atoms with Crippen LogP contribution in [0, 0.1) is 0 Å². The highest BCUT2D eigenvalue weighted by atomic mass is 16.4. The number of para-hydroxylation sites is 1. The lowest BCUT2D eigenvalue weighted by Crippen LogP contribution is -2.50. The first-order chi connectivity index (χ1) is 12.2. The van der Waals surface area contributed by atoms with Gasteiger partial charge in [-0.25, -0.2) is 9.59 Å². The fraction of sp³-hybridized carbons (Fsp3) is 0.222. The van der Waals surface area contributed by atoms with Gasteiger partial charge < -0.3 is 19.5 Å². The number of urea groups is 1. The number of H-pyrrole nitrogens is 1. The van der Waals surface area contributed by atoms with Gasteiger partial charge in [-0.1, -0.05) is 18.2 Å². The molecule has 1 aromatic heterocycles. The molecule has 0 unspecified atom stereocenters. The third-order valence-corrected chi connectivity index (χ3v) is 4.36. The van der Waals surface area contributed by atoms with Crippen LogP contribution in [0.3, 0.4) is 0 Å². The van der Waals surface area contributed by atoms with E-state index in [2.05, 4.69) is 15.2 Å². The Morgan fingerprint density at radius 3 is 2.56 bits per heavy atom. The van der Waals surface area contributed by atoms with Crippen LogP contribution in [0.1, 0.15) is 0 Å². The summed E-state index contributed by atoms with van der Waals surface area (Å²) in [5.41, 5.74) is 3.02. The Balaban J connectivity index is 1.40. The number of aromatic nitrogens is 1. The van der Waals surface area contributed by atoms with E-state index in [1.54, 1.807) is 4.90 Å². The van der Waals surface area contributed by atoms with E-state index in [0.717, 1.165) is 24.5 Å². The van der Waals surface area contributed by atoms with E-state index in [-0.39, 0.29) is 6.03 Å². The number of carbonyl (C=O) groups is 1. The second-order valence-electron chi connectivity index (χ2n) is 5.97. The largest absolute Gasteiger partial charge is 0.417 e. The molecule has 25 heavy (non-hydrogen) atoms. The van der Waals surface area contributed by atoms with Crippen molar-refractivity contribution >= 4 is 28.5 Å². The standard InChI is InChI=1S/C18H18N4O3/c23-17(19-13-4-2-1-3-5-13)22-10-8-21(9-11-22)14-6-7-15-16(12-14)25-18(24)20-15/h1-7,12H,8-11H2,(H,19,23)(H,20,24). The van der Waals surface area contributed by atoms with Crippen LogP contribution in [0.2, 0.25) is 0 Å². The molecule has 4 rings (SSSR count). The average molecular weight is 338 g/mol. The summed E-state index contributed by atoms with van der Waals surface area (Å²) in [4.78, 5) is 30.2. The van der Waals surface area contributed by atoms with Crippen LogP contribution in [0.15, 0.2) is 57.7 Å². The monoisotopic (exact) mass is 338 g/mol. The topological polar surface area (TPSA) is 81.6 Å². The van der Waals surface area contributed by atoms with Crippen molar-refractivity contribution in [3.8, 4) is 0 Å². The molecule has 0 aliphatic carbocycles. The van der Waals surface area contributed by atoms with Gasteiger partial charge in [0.1, 0.15) is 0 Å². The first-order valence-electron chi connectivity index (χ1n) is 8.18. The number of anilines is 2. The molecule has 2 amide bonds. The molecule has 0 spiro atoms. The van der Waals surface area contributed by atoms with Crippen LogP contribution in [-0.2, 0) is 0 Å². The number of carbonyl (C=O) groups excluding carboxylic acids is 1. The average Bonchev–Trinajstić information content (AvgIpc) is 3.02. The molecule has 2 aromatic carbocycles. The summed E-state index contributed by atoms with van der Waals surface area (Å²) in [6.07, 6.45) is 0. The fourth-order valence-electron chi connectivity index (χ4n) is 3.02. The second-order valence-corrected chi connectivity index (χ2v) is 5.97. The lowest BCUT2D eigenvalue weighted by Gasteiger charge is -2.36. The maximum absolute atomic E-state index is 12.3. The Labute approximate surface area is 143 Å². The van der Waals surface area contributed by atoms with Crippen LogP contribution < -0.4 is 16.0 Å². The molecule has 1 fully saturated rings. The van der Waals surface area contributed by atoms with Crippen molar-refractivity contribution in [2.75, 3.05) is 36.4 Å². The summed E-state index contributed by atoms with van der Waals surface area (Å²) >= 11 is 0. The van der Waals surface area contributed by atoms with Crippen LogP contribution in [0.25, 0.3) is 11.1 Å². The summed E-state index contributed by atoms with van der Waals surface area (Å²) in [7, 11) is 0. The highest BCUT2D eigenvalue weighted by molar-refractivity contribution is 5.89. The Morgan fingerprint density at radius 1 is 1.04 bits per heavy atom. The molecule has 1 saturated heterocycles. The van der Waals surface area contributed by atoms with Crippen molar-refractivity contribution in [2.24, 2.45) is 0 Å². The van der Waals surface area contributed by atoms with Gasteiger partial charge >= 0.3 is 11.8 Å². The van der Waals surface area contributed by atoms with E-state index in [9.17, 15) is 9.59 Å². The predicted octanol–water partition coefficient (Wildman–Crippen LogP) is 2.48. The Morgan fingerprint density at radius 2 is 1.80 bits per heavy atom. The summed E-state index contributed by atoms with van der Waals surface area (Å²) in [6, 6.07) is 15.0. The third kappa shape index (κ3) is 3.21. The van der Waals surface area contributed by atoms with E-state index >= 15 is 0 Å². The number of nitrogens with one attached hydrogen (secondary N) is 2. The van der Waals surface area contributed by atoms with Gasteiger partial charge in [0.25, 0.3) is 0 Å². The van der Waals surface area contributed by atoms with E-state index in [1.807, 2.05) is 48.5 Å². The number of nitrogens with zero attached hydrogens (tertiary/aromatic N) is 2. The number of amides is 2. The number of aromatic amines is 1. The number of oxazole rings is 1. The number of rotatable bonds is 2. The minimum Gasteiger partial charge on any atom is -0.408 e. The number of hydrogen-bond acceptors (Lipinski definition) is 4. The van der Waals surface area contributed by atoms with Gasteiger partial charge in [0.05, 0.1) is 5.52 Å². The lowest BCUT2D eigenvalue weighted by atomic mass is 10.2. The minimum absolute atomic E-state index is 0.0852. The van der Waals surface area contributed by atoms with Crippen LogP contribution in [0.5, 0.6) is 0 Å². The van der Waals surface area contributed by atoms with E-state index < -0.39 is 5.76 Å². The lowest BCUT2D eigenvalue weighted by molar-refractivity contribution is 0.208. The van der Waals surface area contributed by atoms with E-state index in [4.69, 9.17) is 4.42 Å². The first kappa shape index (κ1) is 15.3. The molecule has 128 valence electrons. The van der Waals surface area contributed by atoms with Crippen LogP contribution in [-0.4, -0.2) is 42.1 Å². The highest BCUT2D eigenvalue weighted by Crippen LogP contribution is 2.21. The second kappa shape index (κ2) is 6.35. The predicted molar refractivity (Wildman–Crippen MR) is 96.1 cm³/mol.